The average Bonchev–Trinajstić information content (AvgIpc) is 2.46. The molecular formula is C16H16O2. The fraction of sp³-hybridized carbons (Fsp3) is 0.188. The SMILES string of the molecule is C[C@@H](c1ccccc1)[C@H](OC=O)c1ccccc1. The first-order chi connectivity index (χ1) is 8.83. The van der Waals surface area contributed by atoms with Crippen LogP contribution in [0, 0.1) is 0 Å². The Bertz CT molecular complexity index is 479. The van der Waals surface area contributed by atoms with E-state index < -0.39 is 0 Å². The Morgan fingerprint density at radius 3 is 1.89 bits per heavy atom. The van der Waals surface area contributed by atoms with E-state index in [4.69, 9.17) is 4.74 Å². The first-order valence-corrected chi connectivity index (χ1v) is 6.02. The van der Waals surface area contributed by atoms with Crippen molar-refractivity contribution < 1.29 is 9.53 Å². The lowest BCUT2D eigenvalue weighted by molar-refractivity contribution is -0.134. The molecule has 0 unspecified atom stereocenters. The zero-order valence-corrected chi connectivity index (χ0v) is 10.3. The Balaban J connectivity index is 2.28. The van der Waals surface area contributed by atoms with E-state index >= 15 is 0 Å². The summed E-state index contributed by atoms with van der Waals surface area (Å²) in [6.45, 7) is 2.59. The van der Waals surface area contributed by atoms with Gasteiger partial charge in [-0.3, -0.25) is 4.79 Å². The zero-order chi connectivity index (χ0) is 12.8. The van der Waals surface area contributed by atoms with E-state index in [1.54, 1.807) is 0 Å². The summed E-state index contributed by atoms with van der Waals surface area (Å²) in [7, 11) is 0. The summed E-state index contributed by atoms with van der Waals surface area (Å²) in [4.78, 5) is 10.7. The molecule has 0 aliphatic carbocycles. The standard InChI is InChI=1S/C16H16O2/c1-13(14-8-4-2-5-9-14)16(18-12-17)15-10-6-3-7-11-15/h2-13,16H,1H3/t13-,16-/m0/s1. The quantitative estimate of drug-likeness (QED) is 0.745. The topological polar surface area (TPSA) is 26.3 Å². The molecule has 2 nitrogen and oxygen atoms in total. The van der Waals surface area contributed by atoms with Crippen molar-refractivity contribution in [2.24, 2.45) is 0 Å². The smallest absolute Gasteiger partial charge is 0.293 e. The molecular weight excluding hydrogens is 224 g/mol. The number of hydrogen-bond acceptors (Lipinski definition) is 2. The van der Waals surface area contributed by atoms with Gasteiger partial charge in [-0.05, 0) is 11.1 Å². The van der Waals surface area contributed by atoms with Crippen LogP contribution in [0.5, 0.6) is 0 Å². The Hall–Kier alpha value is -2.09. The molecule has 2 heteroatoms. The number of ether oxygens (including phenoxy) is 1. The molecule has 0 fully saturated rings. The summed E-state index contributed by atoms with van der Waals surface area (Å²) in [5, 5.41) is 0. The van der Waals surface area contributed by atoms with Gasteiger partial charge in [0.05, 0.1) is 0 Å². The number of carbonyl (C=O) groups is 1. The van der Waals surface area contributed by atoms with Crippen LogP contribution in [-0.4, -0.2) is 6.47 Å². The minimum atomic E-state index is -0.244. The van der Waals surface area contributed by atoms with Crippen LogP contribution in [0.4, 0.5) is 0 Å². The second kappa shape index (κ2) is 6.01. The molecule has 92 valence electrons. The second-order valence-corrected chi connectivity index (χ2v) is 4.26. The van der Waals surface area contributed by atoms with E-state index in [-0.39, 0.29) is 12.0 Å². The third-order valence-electron chi connectivity index (χ3n) is 3.11. The highest BCUT2D eigenvalue weighted by Crippen LogP contribution is 2.32. The van der Waals surface area contributed by atoms with Crippen molar-refractivity contribution in [2.45, 2.75) is 18.9 Å². The Morgan fingerprint density at radius 2 is 1.39 bits per heavy atom. The lowest BCUT2D eigenvalue weighted by Gasteiger charge is -2.23. The Morgan fingerprint density at radius 1 is 0.889 bits per heavy atom. The fourth-order valence-corrected chi connectivity index (χ4v) is 2.12. The molecule has 0 aromatic heterocycles. The summed E-state index contributed by atoms with van der Waals surface area (Å²) in [6.07, 6.45) is -0.244. The molecule has 18 heavy (non-hydrogen) atoms. The van der Waals surface area contributed by atoms with Gasteiger partial charge in [0.1, 0.15) is 6.10 Å². The minimum Gasteiger partial charge on any atom is -0.459 e. The highest BCUT2D eigenvalue weighted by atomic mass is 16.5. The van der Waals surface area contributed by atoms with Gasteiger partial charge in [0.15, 0.2) is 0 Å². The van der Waals surface area contributed by atoms with Crippen molar-refractivity contribution >= 4 is 6.47 Å². The van der Waals surface area contributed by atoms with Crippen molar-refractivity contribution in [1.29, 1.82) is 0 Å². The summed E-state index contributed by atoms with van der Waals surface area (Å²) in [6, 6.07) is 19.9. The average molecular weight is 240 g/mol. The van der Waals surface area contributed by atoms with Crippen molar-refractivity contribution in [1.82, 2.24) is 0 Å². The predicted octanol–water partition coefficient (Wildman–Crippen LogP) is 3.70. The molecule has 0 bridgehead atoms. The number of benzene rings is 2. The van der Waals surface area contributed by atoms with Gasteiger partial charge in [-0.1, -0.05) is 67.6 Å². The molecule has 0 radical (unpaired) electrons. The number of hydrogen-bond donors (Lipinski definition) is 0. The van der Waals surface area contributed by atoms with Crippen LogP contribution in [0.15, 0.2) is 60.7 Å². The van der Waals surface area contributed by atoms with Crippen LogP contribution < -0.4 is 0 Å². The molecule has 0 saturated heterocycles. The molecule has 0 heterocycles. The molecule has 0 spiro atoms. The maximum absolute atomic E-state index is 10.7. The van der Waals surface area contributed by atoms with Gasteiger partial charge in [0.2, 0.25) is 0 Å². The Labute approximate surface area is 107 Å². The monoisotopic (exact) mass is 240 g/mol. The zero-order valence-electron chi connectivity index (χ0n) is 10.3. The molecule has 0 N–H and O–H groups in total. The maximum atomic E-state index is 10.7. The number of rotatable bonds is 5. The van der Waals surface area contributed by atoms with Gasteiger partial charge in [-0.2, -0.15) is 0 Å². The van der Waals surface area contributed by atoms with Gasteiger partial charge in [-0.15, -0.1) is 0 Å². The molecule has 2 rings (SSSR count). The molecule has 0 saturated carbocycles. The van der Waals surface area contributed by atoms with E-state index in [0.717, 1.165) is 11.1 Å². The summed E-state index contributed by atoms with van der Waals surface area (Å²) < 4.78 is 5.26. The van der Waals surface area contributed by atoms with Crippen molar-refractivity contribution in [3.63, 3.8) is 0 Å². The van der Waals surface area contributed by atoms with Crippen LogP contribution in [0.2, 0.25) is 0 Å². The Kier molecular flexibility index (Phi) is 4.13. The van der Waals surface area contributed by atoms with Crippen molar-refractivity contribution in [3.8, 4) is 0 Å². The minimum absolute atomic E-state index is 0.124. The van der Waals surface area contributed by atoms with Gasteiger partial charge >= 0.3 is 0 Å². The van der Waals surface area contributed by atoms with E-state index in [1.807, 2.05) is 48.5 Å². The van der Waals surface area contributed by atoms with Gasteiger partial charge in [-0.25, -0.2) is 0 Å². The van der Waals surface area contributed by atoms with Crippen LogP contribution in [0.3, 0.4) is 0 Å². The molecule has 2 atom stereocenters. The van der Waals surface area contributed by atoms with Gasteiger partial charge in [0, 0.05) is 5.92 Å². The molecule has 2 aromatic carbocycles. The largest absolute Gasteiger partial charge is 0.459 e. The predicted molar refractivity (Wildman–Crippen MR) is 71.2 cm³/mol. The van der Waals surface area contributed by atoms with Crippen LogP contribution in [0.25, 0.3) is 0 Å². The van der Waals surface area contributed by atoms with Crippen LogP contribution in [0.1, 0.15) is 30.1 Å². The van der Waals surface area contributed by atoms with E-state index in [2.05, 4.69) is 19.1 Å². The van der Waals surface area contributed by atoms with Crippen LogP contribution in [-0.2, 0) is 9.53 Å². The summed E-state index contributed by atoms with van der Waals surface area (Å²) >= 11 is 0. The summed E-state index contributed by atoms with van der Waals surface area (Å²) in [5.74, 6) is 0.124. The van der Waals surface area contributed by atoms with E-state index in [1.165, 1.54) is 0 Å². The van der Waals surface area contributed by atoms with E-state index in [9.17, 15) is 4.79 Å². The molecule has 0 aliphatic rings. The number of carbonyl (C=O) groups excluding carboxylic acids is 1. The van der Waals surface area contributed by atoms with Gasteiger partial charge < -0.3 is 4.74 Å². The molecule has 0 aliphatic heterocycles. The van der Waals surface area contributed by atoms with Crippen LogP contribution >= 0.6 is 0 Å². The second-order valence-electron chi connectivity index (χ2n) is 4.26. The third-order valence-corrected chi connectivity index (χ3v) is 3.11. The first kappa shape index (κ1) is 12.4. The normalized spacial score (nSPS) is 13.6. The van der Waals surface area contributed by atoms with E-state index in [0.29, 0.717) is 6.47 Å². The van der Waals surface area contributed by atoms with Gasteiger partial charge in [0.25, 0.3) is 6.47 Å². The highest BCUT2D eigenvalue weighted by molar-refractivity contribution is 5.40. The maximum Gasteiger partial charge on any atom is 0.293 e. The molecule has 2 aromatic rings. The fourth-order valence-electron chi connectivity index (χ4n) is 2.12. The molecule has 0 amide bonds. The lowest BCUT2D eigenvalue weighted by Crippen LogP contribution is -2.11. The first-order valence-electron chi connectivity index (χ1n) is 6.02. The third kappa shape index (κ3) is 2.77. The summed E-state index contributed by atoms with van der Waals surface area (Å²) in [5.41, 5.74) is 2.18. The lowest BCUT2D eigenvalue weighted by atomic mass is 9.91. The van der Waals surface area contributed by atoms with Crippen molar-refractivity contribution in [3.05, 3.63) is 71.8 Å². The van der Waals surface area contributed by atoms with Crippen molar-refractivity contribution in [2.75, 3.05) is 0 Å². The highest BCUT2D eigenvalue weighted by Gasteiger charge is 2.21.